The molecular formula is C10H15BrN3+. The lowest BCUT2D eigenvalue weighted by atomic mass is 10.2. The van der Waals surface area contributed by atoms with E-state index in [1.165, 1.54) is 0 Å². The summed E-state index contributed by atoms with van der Waals surface area (Å²) >= 11 is 3.38. The summed E-state index contributed by atoms with van der Waals surface area (Å²) in [4.78, 5) is 3.53. The van der Waals surface area contributed by atoms with Gasteiger partial charge in [0.2, 0.25) is 4.91 Å². The third-order valence-corrected chi connectivity index (χ3v) is 1.79. The lowest BCUT2D eigenvalue weighted by Crippen LogP contribution is -1.80. The van der Waals surface area contributed by atoms with Gasteiger partial charge in [0.15, 0.2) is 0 Å². The molecule has 0 aliphatic heterocycles. The highest BCUT2D eigenvalue weighted by atomic mass is 79.9. The van der Waals surface area contributed by atoms with E-state index in [0.717, 1.165) is 10.0 Å². The number of hydrogen-bond acceptors (Lipinski definition) is 2. The van der Waals surface area contributed by atoms with Crippen LogP contribution in [0.2, 0.25) is 0 Å². The summed E-state index contributed by atoms with van der Waals surface area (Å²) in [5.41, 5.74) is 1.12. The molecule has 0 aliphatic rings. The molecule has 4 heteroatoms. The predicted molar refractivity (Wildman–Crippen MR) is 62.1 cm³/mol. The first kappa shape index (κ1) is 13.0. The van der Waals surface area contributed by atoms with Gasteiger partial charge in [0.1, 0.15) is 23.8 Å². The second-order valence-corrected chi connectivity index (χ2v) is 3.13. The third-order valence-electron chi connectivity index (χ3n) is 1.30. The van der Waals surface area contributed by atoms with Gasteiger partial charge in [0.05, 0.1) is 0 Å². The molecule has 0 N–H and O–H groups in total. The number of nitrogens with zero attached hydrogens (tertiary/aromatic N) is 3. The first-order valence-electron chi connectivity index (χ1n) is 4.53. The molecule has 0 amide bonds. The Balaban J connectivity index is 0.000000791. The Morgan fingerprint density at radius 1 is 1.36 bits per heavy atom. The van der Waals surface area contributed by atoms with Crippen LogP contribution in [0.5, 0.6) is 0 Å². The Morgan fingerprint density at radius 2 is 2.07 bits per heavy atom. The maximum atomic E-state index is 3.84. The second-order valence-electron chi connectivity index (χ2n) is 2.22. The molecule has 0 radical (unpaired) electrons. The van der Waals surface area contributed by atoms with E-state index < -0.39 is 0 Å². The van der Waals surface area contributed by atoms with Gasteiger partial charge in [0, 0.05) is 4.47 Å². The highest BCUT2D eigenvalue weighted by molar-refractivity contribution is 9.10. The van der Waals surface area contributed by atoms with Crippen molar-refractivity contribution in [1.82, 2.24) is 4.91 Å². The minimum Gasteiger partial charge on any atom is -0.0683 e. The molecular weight excluding hydrogens is 242 g/mol. The van der Waals surface area contributed by atoms with Crippen LogP contribution in [0.1, 0.15) is 19.4 Å². The molecule has 0 spiro atoms. The molecule has 0 saturated heterocycles. The molecule has 0 saturated carbocycles. The molecule has 1 rings (SSSR count). The number of rotatable bonds is 2. The van der Waals surface area contributed by atoms with Crippen molar-refractivity contribution in [2.45, 2.75) is 20.4 Å². The standard InChI is InChI=1S/C8H9BrN3.C2H6/c1-10-12-11-6-7-3-2-4-8(9)5-7;1-2/h2-5H,6H2,1H3;1-2H3/q+1;. The molecule has 3 nitrogen and oxygen atoms in total. The van der Waals surface area contributed by atoms with Gasteiger partial charge in [-0.3, -0.25) is 0 Å². The van der Waals surface area contributed by atoms with Gasteiger partial charge in [-0.05, 0) is 17.7 Å². The van der Waals surface area contributed by atoms with E-state index in [-0.39, 0.29) is 0 Å². The molecule has 0 atom stereocenters. The Labute approximate surface area is 93.1 Å². The van der Waals surface area contributed by atoms with Crippen LogP contribution in [0.4, 0.5) is 0 Å². The molecule has 0 bridgehead atoms. The van der Waals surface area contributed by atoms with Crippen molar-refractivity contribution in [3.05, 3.63) is 34.3 Å². The molecule has 0 fully saturated rings. The summed E-state index contributed by atoms with van der Waals surface area (Å²) in [5.74, 6) is 0. The average molecular weight is 257 g/mol. The van der Waals surface area contributed by atoms with Crippen LogP contribution in [-0.2, 0) is 6.54 Å². The Bertz CT molecular complexity index is 317. The quantitative estimate of drug-likeness (QED) is 0.574. The van der Waals surface area contributed by atoms with Gasteiger partial charge in [-0.2, -0.15) is 0 Å². The van der Waals surface area contributed by atoms with Crippen molar-refractivity contribution in [2.75, 3.05) is 7.05 Å². The van der Waals surface area contributed by atoms with Gasteiger partial charge >= 0.3 is 0 Å². The Hall–Kier alpha value is -0.990. The average Bonchev–Trinajstić information content (AvgIpc) is 2.21. The van der Waals surface area contributed by atoms with E-state index in [9.17, 15) is 0 Å². The van der Waals surface area contributed by atoms with Crippen LogP contribution < -0.4 is 4.91 Å². The topological polar surface area (TPSA) is 38.8 Å². The van der Waals surface area contributed by atoms with Crippen LogP contribution in [0, 0.1) is 0 Å². The SMILES string of the molecule is CC.CN=[N+]=NCc1cccc(Br)c1. The van der Waals surface area contributed by atoms with Gasteiger partial charge in [-0.15, -0.1) is 0 Å². The fourth-order valence-corrected chi connectivity index (χ4v) is 1.26. The zero-order valence-electron chi connectivity index (χ0n) is 8.74. The highest BCUT2D eigenvalue weighted by Crippen LogP contribution is 2.11. The molecule has 0 aromatic heterocycles. The predicted octanol–water partition coefficient (Wildman–Crippen LogP) is 3.58. The van der Waals surface area contributed by atoms with E-state index >= 15 is 0 Å². The zero-order chi connectivity index (χ0) is 10.8. The minimum absolute atomic E-state index is 0.580. The largest absolute Gasteiger partial charge is 0.217 e. The van der Waals surface area contributed by atoms with Crippen LogP contribution in [0.15, 0.2) is 39.0 Å². The zero-order valence-corrected chi connectivity index (χ0v) is 10.3. The van der Waals surface area contributed by atoms with Gasteiger partial charge in [0.25, 0.3) is 0 Å². The molecule has 0 heterocycles. The third kappa shape index (κ3) is 5.62. The molecule has 0 unspecified atom stereocenters. The number of hydrogen-bond donors (Lipinski definition) is 0. The lowest BCUT2D eigenvalue weighted by molar-refractivity contribution is 0.877. The summed E-state index contributed by atoms with van der Waals surface area (Å²) in [6.45, 7) is 4.58. The molecule has 14 heavy (non-hydrogen) atoms. The highest BCUT2D eigenvalue weighted by Gasteiger charge is 1.94. The first-order chi connectivity index (χ1) is 6.83. The van der Waals surface area contributed by atoms with Crippen molar-refractivity contribution in [1.29, 1.82) is 0 Å². The van der Waals surface area contributed by atoms with E-state index in [2.05, 4.69) is 31.1 Å². The minimum atomic E-state index is 0.580. The summed E-state index contributed by atoms with van der Waals surface area (Å²) in [7, 11) is 1.60. The smallest absolute Gasteiger partial charge is 0.0683 e. The van der Waals surface area contributed by atoms with E-state index in [0.29, 0.717) is 6.54 Å². The van der Waals surface area contributed by atoms with Crippen LogP contribution in [0.3, 0.4) is 0 Å². The van der Waals surface area contributed by atoms with Crippen molar-refractivity contribution in [3.63, 3.8) is 0 Å². The summed E-state index contributed by atoms with van der Waals surface area (Å²) in [6, 6.07) is 7.96. The van der Waals surface area contributed by atoms with Crippen LogP contribution in [0.25, 0.3) is 0 Å². The van der Waals surface area contributed by atoms with Crippen molar-refractivity contribution >= 4 is 15.9 Å². The first-order valence-corrected chi connectivity index (χ1v) is 5.32. The maximum absolute atomic E-state index is 3.84. The van der Waals surface area contributed by atoms with Crippen molar-refractivity contribution < 1.29 is 0 Å². The van der Waals surface area contributed by atoms with Gasteiger partial charge in [-0.1, -0.05) is 41.9 Å². The van der Waals surface area contributed by atoms with Crippen molar-refractivity contribution in [3.8, 4) is 0 Å². The maximum Gasteiger partial charge on any atom is 0.217 e. The molecule has 1 aromatic rings. The van der Waals surface area contributed by atoms with E-state index in [1.807, 2.05) is 38.1 Å². The fraction of sp³-hybridized carbons (Fsp3) is 0.400. The fourth-order valence-electron chi connectivity index (χ4n) is 0.812. The Morgan fingerprint density at radius 3 is 2.64 bits per heavy atom. The van der Waals surface area contributed by atoms with Gasteiger partial charge in [-0.25, -0.2) is 0 Å². The van der Waals surface area contributed by atoms with Gasteiger partial charge < -0.3 is 0 Å². The normalized spacial score (nSPS) is 8.00. The summed E-state index contributed by atoms with van der Waals surface area (Å²) in [6.07, 6.45) is 0. The second kappa shape index (κ2) is 8.60. The Kier molecular flexibility index (Phi) is 7.99. The van der Waals surface area contributed by atoms with E-state index in [4.69, 9.17) is 0 Å². The number of halogens is 1. The monoisotopic (exact) mass is 256 g/mol. The van der Waals surface area contributed by atoms with E-state index in [1.54, 1.807) is 7.05 Å². The molecule has 1 aromatic carbocycles. The summed E-state index contributed by atoms with van der Waals surface area (Å²) < 4.78 is 1.06. The molecule has 76 valence electrons. The lowest BCUT2D eigenvalue weighted by Gasteiger charge is -1.91. The number of benzene rings is 1. The molecule has 0 aliphatic carbocycles. The van der Waals surface area contributed by atoms with Crippen LogP contribution >= 0.6 is 15.9 Å². The van der Waals surface area contributed by atoms with Crippen molar-refractivity contribution in [2.24, 2.45) is 10.2 Å². The van der Waals surface area contributed by atoms with Crippen LogP contribution in [-0.4, -0.2) is 7.05 Å². The summed E-state index contributed by atoms with van der Waals surface area (Å²) in [5, 5.41) is 7.36.